The van der Waals surface area contributed by atoms with Gasteiger partial charge in [0.15, 0.2) is 5.11 Å². The summed E-state index contributed by atoms with van der Waals surface area (Å²) < 4.78 is 13.4. The highest BCUT2D eigenvalue weighted by Gasteiger charge is 2.42. The minimum absolute atomic E-state index is 0.103. The number of thiocarbonyl (C=S) groups is 1. The molecule has 2 aromatic rings. The second-order valence-electron chi connectivity index (χ2n) is 8.19. The SMILES string of the molecule is Cc1ccc(NC(=S)N=P(c2ccccc2)(N2CCOCC2)C(C)(C)C)c(Cl)c1. The van der Waals surface area contributed by atoms with Gasteiger partial charge < -0.3 is 10.1 Å². The van der Waals surface area contributed by atoms with Crippen LogP contribution in [0, 0.1) is 6.92 Å². The molecule has 1 aliphatic rings. The van der Waals surface area contributed by atoms with Gasteiger partial charge in [0.25, 0.3) is 0 Å². The second-order valence-corrected chi connectivity index (χ2v) is 12.8. The molecule has 3 rings (SSSR count). The summed E-state index contributed by atoms with van der Waals surface area (Å²) in [5.41, 5.74) is 1.89. The molecular weight excluding hydrogens is 421 g/mol. The Labute approximate surface area is 184 Å². The predicted octanol–water partition coefficient (Wildman–Crippen LogP) is 5.92. The third-order valence-corrected chi connectivity index (χ3v) is 10.3. The summed E-state index contributed by atoms with van der Waals surface area (Å²) in [5, 5.41) is 5.52. The van der Waals surface area contributed by atoms with E-state index in [-0.39, 0.29) is 5.16 Å². The first-order valence-corrected chi connectivity index (χ1v) is 12.3. The van der Waals surface area contributed by atoms with Gasteiger partial charge >= 0.3 is 0 Å². The van der Waals surface area contributed by atoms with Crippen LogP contribution in [-0.2, 0) is 4.74 Å². The first kappa shape index (κ1) is 22.5. The van der Waals surface area contributed by atoms with E-state index in [1.807, 2.05) is 31.2 Å². The summed E-state index contributed by atoms with van der Waals surface area (Å²) >= 11 is 12.2. The van der Waals surface area contributed by atoms with Crippen LogP contribution < -0.4 is 10.6 Å². The largest absolute Gasteiger partial charge is 0.379 e. The number of hydrogen-bond donors (Lipinski definition) is 1. The standard InChI is InChI=1S/C22H29ClN3OPS/c1-17-10-11-20(19(23)16-17)24-21(29)25-28(22(2,3)4,18-8-6-5-7-9-18)26-12-14-27-15-13-26/h5-11,16H,12-15H2,1-4H3,(H,24,29). The highest BCUT2D eigenvalue weighted by molar-refractivity contribution is 7.82. The molecule has 7 heteroatoms. The van der Waals surface area contributed by atoms with Crippen LogP contribution in [0.3, 0.4) is 0 Å². The minimum Gasteiger partial charge on any atom is -0.379 e. The molecule has 1 N–H and O–H groups in total. The van der Waals surface area contributed by atoms with Crippen molar-refractivity contribution in [1.29, 1.82) is 0 Å². The van der Waals surface area contributed by atoms with Crippen LogP contribution in [0.15, 0.2) is 53.3 Å². The topological polar surface area (TPSA) is 36.9 Å². The van der Waals surface area contributed by atoms with E-state index in [4.69, 9.17) is 33.3 Å². The normalized spacial score (nSPS) is 17.4. The lowest BCUT2D eigenvalue weighted by Gasteiger charge is -2.46. The maximum atomic E-state index is 6.42. The molecule has 4 nitrogen and oxygen atoms in total. The first-order valence-electron chi connectivity index (χ1n) is 9.82. The zero-order valence-corrected chi connectivity index (χ0v) is 20.0. The monoisotopic (exact) mass is 449 g/mol. The number of ether oxygens (including phenoxy) is 1. The van der Waals surface area contributed by atoms with Crippen LogP contribution in [0.5, 0.6) is 0 Å². The molecular formula is C22H29ClN3OPS. The zero-order valence-electron chi connectivity index (χ0n) is 17.5. The van der Waals surface area contributed by atoms with Gasteiger partial charge in [0, 0.05) is 23.6 Å². The van der Waals surface area contributed by atoms with Crippen LogP contribution in [0.25, 0.3) is 0 Å². The Morgan fingerprint density at radius 1 is 1.14 bits per heavy atom. The van der Waals surface area contributed by atoms with E-state index in [1.165, 1.54) is 5.30 Å². The zero-order chi connectivity index (χ0) is 21.1. The Balaban J connectivity index is 2.11. The summed E-state index contributed by atoms with van der Waals surface area (Å²) in [6, 6.07) is 16.5. The fourth-order valence-electron chi connectivity index (χ4n) is 3.72. The second kappa shape index (κ2) is 9.28. The fraction of sp³-hybridized carbons (Fsp3) is 0.409. The number of morpholine rings is 1. The van der Waals surface area contributed by atoms with Gasteiger partial charge in [-0.25, -0.2) is 4.74 Å². The number of benzene rings is 2. The van der Waals surface area contributed by atoms with Crippen molar-refractivity contribution < 1.29 is 4.74 Å². The fourth-order valence-corrected chi connectivity index (χ4v) is 8.60. The van der Waals surface area contributed by atoms with E-state index in [2.05, 4.69) is 55.0 Å². The van der Waals surface area contributed by atoms with E-state index in [9.17, 15) is 0 Å². The lowest BCUT2D eigenvalue weighted by molar-refractivity contribution is 0.0738. The average molecular weight is 450 g/mol. The molecule has 0 aromatic heterocycles. The third kappa shape index (κ3) is 4.92. The van der Waals surface area contributed by atoms with Gasteiger partial charge in [0.2, 0.25) is 0 Å². The van der Waals surface area contributed by atoms with Crippen LogP contribution in [0.4, 0.5) is 5.69 Å². The molecule has 1 unspecified atom stereocenters. The van der Waals surface area contributed by atoms with Crippen molar-refractivity contribution in [3.8, 4) is 0 Å². The smallest absolute Gasteiger partial charge is 0.197 e. The maximum absolute atomic E-state index is 6.42. The van der Waals surface area contributed by atoms with Crippen molar-refractivity contribution in [2.24, 2.45) is 4.74 Å². The molecule has 0 amide bonds. The van der Waals surface area contributed by atoms with Crippen molar-refractivity contribution in [3.63, 3.8) is 0 Å². The van der Waals surface area contributed by atoms with Gasteiger partial charge in [-0.2, -0.15) is 0 Å². The van der Waals surface area contributed by atoms with Crippen LogP contribution in [-0.4, -0.2) is 41.2 Å². The van der Waals surface area contributed by atoms with Gasteiger partial charge in [-0.05, 0) is 36.8 Å². The average Bonchev–Trinajstić information content (AvgIpc) is 2.69. The Morgan fingerprint density at radius 3 is 2.38 bits per heavy atom. The van der Waals surface area contributed by atoms with Crippen LogP contribution >= 0.6 is 31.0 Å². The molecule has 1 saturated heterocycles. The highest BCUT2D eigenvalue weighted by Crippen LogP contribution is 2.62. The number of nitrogens with one attached hydrogen (secondary N) is 1. The maximum Gasteiger partial charge on any atom is 0.197 e. The quantitative estimate of drug-likeness (QED) is 0.466. The molecule has 0 bridgehead atoms. The van der Waals surface area contributed by atoms with E-state index in [1.54, 1.807) is 0 Å². The molecule has 0 aliphatic carbocycles. The number of anilines is 1. The number of nitrogens with zero attached hydrogens (tertiary/aromatic N) is 2. The van der Waals surface area contributed by atoms with Crippen LogP contribution in [0.1, 0.15) is 26.3 Å². The molecule has 1 atom stereocenters. The first-order chi connectivity index (χ1) is 13.7. The highest BCUT2D eigenvalue weighted by atomic mass is 35.5. The Morgan fingerprint density at radius 2 is 1.79 bits per heavy atom. The third-order valence-electron chi connectivity index (χ3n) is 5.05. The summed E-state index contributed by atoms with van der Waals surface area (Å²) in [5.74, 6) is 0. The van der Waals surface area contributed by atoms with Crippen molar-refractivity contribution in [3.05, 3.63) is 59.1 Å². The molecule has 29 heavy (non-hydrogen) atoms. The number of rotatable bonds is 3. The summed E-state index contributed by atoms with van der Waals surface area (Å²) in [4.78, 5) is 0. The van der Waals surface area contributed by atoms with Gasteiger partial charge in [0.1, 0.15) is 0 Å². The minimum atomic E-state index is -2.19. The van der Waals surface area contributed by atoms with Gasteiger partial charge in [-0.3, -0.25) is 4.67 Å². The molecule has 0 spiro atoms. The van der Waals surface area contributed by atoms with Gasteiger partial charge in [0.05, 0.1) is 31.1 Å². The molecule has 156 valence electrons. The van der Waals surface area contributed by atoms with E-state index < -0.39 is 7.21 Å². The van der Waals surface area contributed by atoms with Crippen molar-refractivity contribution >= 4 is 47.1 Å². The number of halogens is 1. The van der Waals surface area contributed by atoms with Crippen molar-refractivity contribution in [2.75, 3.05) is 31.6 Å². The van der Waals surface area contributed by atoms with E-state index >= 15 is 0 Å². The predicted molar refractivity (Wildman–Crippen MR) is 130 cm³/mol. The van der Waals surface area contributed by atoms with E-state index in [0.717, 1.165) is 24.3 Å². The number of hydrogen-bond acceptors (Lipinski definition) is 2. The molecule has 0 saturated carbocycles. The van der Waals surface area contributed by atoms with Crippen molar-refractivity contribution in [1.82, 2.24) is 4.67 Å². The summed E-state index contributed by atoms with van der Waals surface area (Å²) in [6.45, 7) is 11.9. The van der Waals surface area contributed by atoms with Gasteiger partial charge in [-0.1, -0.05) is 68.8 Å². The van der Waals surface area contributed by atoms with Crippen molar-refractivity contribution in [2.45, 2.75) is 32.9 Å². The lowest BCUT2D eigenvalue weighted by atomic mass is 10.2. The van der Waals surface area contributed by atoms with Crippen LogP contribution in [0.2, 0.25) is 5.02 Å². The Hall–Kier alpha value is -1.23. The Bertz CT molecular complexity index is 921. The molecule has 1 fully saturated rings. The molecule has 0 radical (unpaired) electrons. The summed E-state index contributed by atoms with van der Waals surface area (Å²) in [7, 11) is -2.19. The molecule has 2 aromatic carbocycles. The number of aryl methyl sites for hydroxylation is 1. The Kier molecular flexibility index (Phi) is 7.19. The van der Waals surface area contributed by atoms with E-state index in [0.29, 0.717) is 23.3 Å². The summed E-state index contributed by atoms with van der Waals surface area (Å²) in [6.07, 6.45) is 0. The van der Waals surface area contributed by atoms with Gasteiger partial charge in [-0.15, -0.1) is 0 Å². The molecule has 1 heterocycles. The lowest BCUT2D eigenvalue weighted by Crippen LogP contribution is -2.43. The molecule has 1 aliphatic heterocycles.